The average molecular weight is 237 g/mol. The molecule has 0 spiro atoms. The van der Waals surface area contributed by atoms with Crippen LogP contribution in [0.5, 0.6) is 0 Å². The summed E-state index contributed by atoms with van der Waals surface area (Å²) in [5, 5.41) is 9.08. The minimum atomic E-state index is 0.710. The lowest BCUT2D eigenvalue weighted by Crippen LogP contribution is -1.94. The van der Waals surface area contributed by atoms with Crippen LogP contribution < -0.4 is 0 Å². The summed E-state index contributed by atoms with van der Waals surface area (Å²) in [5.74, 6) is 0. The van der Waals surface area contributed by atoms with Crippen molar-refractivity contribution < 1.29 is 4.74 Å². The lowest BCUT2D eigenvalue weighted by atomic mass is 9.99. The van der Waals surface area contributed by atoms with Gasteiger partial charge in [0.2, 0.25) is 0 Å². The maximum atomic E-state index is 9.08. The summed E-state index contributed by atoms with van der Waals surface area (Å²) < 4.78 is 5.05. The van der Waals surface area contributed by atoms with Gasteiger partial charge in [-0.05, 0) is 29.2 Å². The fourth-order valence-electron chi connectivity index (χ4n) is 1.90. The molecule has 0 aliphatic heterocycles. The average Bonchev–Trinajstić information content (AvgIpc) is 2.45. The second-order valence-corrected chi connectivity index (χ2v) is 4.10. The Balaban J connectivity index is 2.27. The van der Waals surface area contributed by atoms with E-state index in [0.29, 0.717) is 5.56 Å². The van der Waals surface area contributed by atoms with Crippen molar-refractivity contribution >= 4 is 0 Å². The number of methoxy groups -OCH3 is 1. The van der Waals surface area contributed by atoms with Gasteiger partial charge >= 0.3 is 0 Å². The highest BCUT2D eigenvalue weighted by molar-refractivity contribution is 5.70. The molecule has 0 bridgehead atoms. The molecule has 0 N–H and O–H groups in total. The van der Waals surface area contributed by atoms with Crippen molar-refractivity contribution in [2.24, 2.45) is 0 Å². The Bertz CT molecular complexity index is 552. The summed E-state index contributed by atoms with van der Waals surface area (Å²) >= 11 is 0. The third kappa shape index (κ3) is 2.77. The maximum Gasteiger partial charge on any atom is 0.0998 e. The first kappa shape index (κ1) is 12.3. The van der Waals surface area contributed by atoms with E-state index in [1.54, 1.807) is 7.11 Å². The zero-order valence-corrected chi connectivity index (χ0v) is 10.4. The molecule has 2 aromatic carbocycles. The molecule has 0 saturated heterocycles. The molecule has 0 unspecified atom stereocenters. The van der Waals surface area contributed by atoms with Crippen molar-refractivity contribution in [3.8, 4) is 17.2 Å². The number of benzene rings is 2. The minimum absolute atomic E-state index is 0.710. The number of nitriles is 1. The molecule has 2 aromatic rings. The monoisotopic (exact) mass is 237 g/mol. The normalized spacial score (nSPS) is 10.0. The van der Waals surface area contributed by atoms with Gasteiger partial charge < -0.3 is 4.74 Å². The Morgan fingerprint density at radius 2 is 1.78 bits per heavy atom. The SMILES string of the molecule is COCCc1ccc(-c2ccccc2C#N)cc1. The summed E-state index contributed by atoms with van der Waals surface area (Å²) in [5.41, 5.74) is 4.02. The van der Waals surface area contributed by atoms with E-state index in [4.69, 9.17) is 10.00 Å². The molecule has 0 aromatic heterocycles. The Morgan fingerprint density at radius 3 is 2.44 bits per heavy atom. The van der Waals surface area contributed by atoms with Gasteiger partial charge in [0.25, 0.3) is 0 Å². The van der Waals surface area contributed by atoms with Crippen LogP contribution in [0.2, 0.25) is 0 Å². The molecule has 2 rings (SSSR count). The minimum Gasteiger partial charge on any atom is -0.384 e. The number of rotatable bonds is 4. The first-order chi connectivity index (χ1) is 8.85. The fourth-order valence-corrected chi connectivity index (χ4v) is 1.90. The lowest BCUT2D eigenvalue weighted by Gasteiger charge is -2.05. The van der Waals surface area contributed by atoms with Gasteiger partial charge in [0, 0.05) is 7.11 Å². The standard InChI is InChI=1S/C16H15NO/c1-18-11-10-13-6-8-14(9-7-13)16-5-3-2-4-15(16)12-17/h2-9H,10-11H2,1H3. The topological polar surface area (TPSA) is 33.0 Å². The van der Waals surface area contributed by atoms with E-state index < -0.39 is 0 Å². The van der Waals surface area contributed by atoms with Crippen molar-refractivity contribution in [2.45, 2.75) is 6.42 Å². The smallest absolute Gasteiger partial charge is 0.0998 e. The van der Waals surface area contributed by atoms with E-state index in [1.807, 2.05) is 24.3 Å². The lowest BCUT2D eigenvalue weighted by molar-refractivity contribution is 0.202. The molecular weight excluding hydrogens is 222 g/mol. The van der Waals surface area contributed by atoms with Crippen LogP contribution in [0, 0.1) is 11.3 Å². The number of ether oxygens (including phenoxy) is 1. The molecule has 0 radical (unpaired) electrons. The largest absolute Gasteiger partial charge is 0.384 e. The zero-order chi connectivity index (χ0) is 12.8. The van der Waals surface area contributed by atoms with E-state index in [1.165, 1.54) is 5.56 Å². The van der Waals surface area contributed by atoms with E-state index in [2.05, 4.69) is 30.3 Å². The first-order valence-electron chi connectivity index (χ1n) is 5.92. The third-order valence-corrected chi connectivity index (χ3v) is 2.91. The van der Waals surface area contributed by atoms with Gasteiger partial charge in [-0.3, -0.25) is 0 Å². The van der Waals surface area contributed by atoms with Gasteiger partial charge in [0.1, 0.15) is 0 Å². The van der Waals surface area contributed by atoms with Crippen molar-refractivity contribution in [3.05, 3.63) is 59.7 Å². The second kappa shape index (κ2) is 6.00. The Hall–Kier alpha value is -2.11. The van der Waals surface area contributed by atoms with Gasteiger partial charge in [-0.25, -0.2) is 0 Å². The van der Waals surface area contributed by atoms with Crippen LogP contribution in [0.15, 0.2) is 48.5 Å². The molecule has 0 heterocycles. The Labute approximate surface area is 107 Å². The molecule has 0 aliphatic carbocycles. The summed E-state index contributed by atoms with van der Waals surface area (Å²) in [7, 11) is 1.71. The number of hydrogen-bond acceptors (Lipinski definition) is 2. The predicted molar refractivity (Wildman–Crippen MR) is 72.2 cm³/mol. The molecule has 2 heteroatoms. The maximum absolute atomic E-state index is 9.08. The Morgan fingerprint density at radius 1 is 1.06 bits per heavy atom. The second-order valence-electron chi connectivity index (χ2n) is 4.10. The number of hydrogen-bond donors (Lipinski definition) is 0. The molecular formula is C16H15NO. The summed E-state index contributed by atoms with van der Waals surface area (Å²) in [4.78, 5) is 0. The molecule has 18 heavy (non-hydrogen) atoms. The van der Waals surface area contributed by atoms with Crippen molar-refractivity contribution in [2.75, 3.05) is 13.7 Å². The van der Waals surface area contributed by atoms with Crippen molar-refractivity contribution in [1.29, 1.82) is 5.26 Å². The molecule has 0 amide bonds. The van der Waals surface area contributed by atoms with Crippen LogP contribution in [-0.2, 0) is 11.2 Å². The van der Waals surface area contributed by atoms with Crippen LogP contribution in [-0.4, -0.2) is 13.7 Å². The van der Waals surface area contributed by atoms with Crippen LogP contribution in [0.25, 0.3) is 11.1 Å². The summed E-state index contributed by atoms with van der Waals surface area (Å²) in [6.45, 7) is 0.730. The summed E-state index contributed by atoms with van der Waals surface area (Å²) in [6.07, 6.45) is 0.913. The molecule has 0 atom stereocenters. The highest BCUT2D eigenvalue weighted by Gasteiger charge is 2.03. The number of nitrogens with zero attached hydrogens (tertiary/aromatic N) is 1. The van der Waals surface area contributed by atoms with E-state index >= 15 is 0 Å². The molecule has 0 aliphatic rings. The fraction of sp³-hybridized carbons (Fsp3) is 0.188. The highest BCUT2D eigenvalue weighted by atomic mass is 16.5. The van der Waals surface area contributed by atoms with Crippen LogP contribution in [0.4, 0.5) is 0 Å². The molecule has 0 saturated carbocycles. The summed E-state index contributed by atoms with van der Waals surface area (Å²) in [6, 6.07) is 18.2. The molecule has 2 nitrogen and oxygen atoms in total. The molecule has 0 fully saturated rings. The van der Waals surface area contributed by atoms with E-state index in [-0.39, 0.29) is 0 Å². The van der Waals surface area contributed by atoms with Crippen LogP contribution in [0.1, 0.15) is 11.1 Å². The van der Waals surface area contributed by atoms with Crippen molar-refractivity contribution in [3.63, 3.8) is 0 Å². The van der Waals surface area contributed by atoms with Gasteiger partial charge in [-0.15, -0.1) is 0 Å². The van der Waals surface area contributed by atoms with E-state index in [9.17, 15) is 0 Å². The first-order valence-corrected chi connectivity index (χ1v) is 5.92. The van der Waals surface area contributed by atoms with Gasteiger partial charge in [-0.2, -0.15) is 5.26 Å². The van der Waals surface area contributed by atoms with Gasteiger partial charge in [0.05, 0.1) is 18.2 Å². The van der Waals surface area contributed by atoms with E-state index in [0.717, 1.165) is 24.2 Å². The van der Waals surface area contributed by atoms with Crippen LogP contribution >= 0.6 is 0 Å². The zero-order valence-electron chi connectivity index (χ0n) is 10.4. The third-order valence-electron chi connectivity index (χ3n) is 2.91. The molecule has 90 valence electrons. The van der Waals surface area contributed by atoms with Crippen molar-refractivity contribution in [1.82, 2.24) is 0 Å². The van der Waals surface area contributed by atoms with Gasteiger partial charge in [-0.1, -0.05) is 42.5 Å². The van der Waals surface area contributed by atoms with Crippen LogP contribution in [0.3, 0.4) is 0 Å². The highest BCUT2D eigenvalue weighted by Crippen LogP contribution is 2.23. The Kier molecular flexibility index (Phi) is 4.11. The predicted octanol–water partition coefficient (Wildman–Crippen LogP) is 3.41. The quantitative estimate of drug-likeness (QED) is 0.816. The van der Waals surface area contributed by atoms with Gasteiger partial charge in [0.15, 0.2) is 0 Å².